The van der Waals surface area contributed by atoms with Gasteiger partial charge < -0.3 is 15.5 Å². The summed E-state index contributed by atoms with van der Waals surface area (Å²) in [5.74, 6) is -0.227. The minimum absolute atomic E-state index is 0.0467. The Morgan fingerprint density at radius 1 is 1.62 bits per heavy atom. The van der Waals surface area contributed by atoms with Crippen LogP contribution in [0, 0.1) is 6.92 Å². The maximum atomic E-state index is 10.7. The van der Waals surface area contributed by atoms with Gasteiger partial charge in [0.2, 0.25) is 5.91 Å². The molecule has 3 N–H and O–H groups in total. The van der Waals surface area contributed by atoms with Crippen LogP contribution in [-0.4, -0.2) is 28.8 Å². The molecular weight excluding hydrogens is 294 g/mol. The molecule has 0 aromatic carbocycles. The summed E-state index contributed by atoms with van der Waals surface area (Å²) in [7, 11) is 0. The quantitative estimate of drug-likeness (QED) is 0.786. The van der Waals surface area contributed by atoms with Gasteiger partial charge in [0.25, 0.3) is 0 Å². The average molecular weight is 308 g/mol. The maximum Gasteiger partial charge on any atom is 0.216 e. The summed E-state index contributed by atoms with van der Waals surface area (Å²) in [4.78, 5) is 11.3. The van der Waals surface area contributed by atoms with Crippen molar-refractivity contribution in [1.29, 1.82) is 0 Å². The molecule has 1 heterocycles. The number of rotatable bonds is 4. The summed E-state index contributed by atoms with van der Waals surface area (Å²) in [5.41, 5.74) is 1.02. The van der Waals surface area contributed by atoms with E-state index in [1.807, 2.05) is 13.0 Å². The van der Waals surface area contributed by atoms with E-state index in [-0.39, 0.29) is 12.5 Å². The fraction of sp³-hybridized carbons (Fsp3) is 0.500. The Morgan fingerprint density at radius 2 is 2.25 bits per heavy atom. The van der Waals surface area contributed by atoms with Gasteiger partial charge in [-0.05, 0) is 34.5 Å². The number of aliphatic hydroxyl groups is 2. The topological polar surface area (TPSA) is 69.6 Å². The molecule has 0 saturated heterocycles. The first-order chi connectivity index (χ1) is 7.41. The summed E-state index contributed by atoms with van der Waals surface area (Å²) < 4.78 is 0.938. The first-order valence-corrected chi connectivity index (χ1v) is 6.39. The normalized spacial score (nSPS) is 14.6. The van der Waals surface area contributed by atoms with Gasteiger partial charge in [-0.25, -0.2) is 0 Å². The van der Waals surface area contributed by atoms with Gasteiger partial charge in [0.15, 0.2) is 0 Å². The van der Waals surface area contributed by atoms with Crippen LogP contribution in [0.4, 0.5) is 0 Å². The van der Waals surface area contributed by atoms with Crippen LogP contribution in [0.1, 0.15) is 23.5 Å². The molecule has 0 bridgehead atoms. The van der Waals surface area contributed by atoms with E-state index in [0.717, 1.165) is 9.35 Å². The zero-order chi connectivity index (χ0) is 12.3. The molecule has 16 heavy (non-hydrogen) atoms. The predicted molar refractivity (Wildman–Crippen MR) is 66.4 cm³/mol. The highest BCUT2D eigenvalue weighted by Gasteiger charge is 2.21. The van der Waals surface area contributed by atoms with Crippen LogP contribution in [0.15, 0.2) is 9.85 Å². The van der Waals surface area contributed by atoms with Gasteiger partial charge in [0.1, 0.15) is 12.2 Å². The highest BCUT2D eigenvalue weighted by Crippen LogP contribution is 2.32. The van der Waals surface area contributed by atoms with Crippen LogP contribution in [0.3, 0.4) is 0 Å². The summed E-state index contributed by atoms with van der Waals surface area (Å²) in [6, 6.07) is 1.82. The molecule has 0 fully saturated rings. The lowest BCUT2D eigenvalue weighted by Crippen LogP contribution is -2.33. The van der Waals surface area contributed by atoms with E-state index >= 15 is 0 Å². The van der Waals surface area contributed by atoms with Gasteiger partial charge in [-0.1, -0.05) is 0 Å². The standard InChI is InChI=1S/C10H14BrNO3S/c1-5-3-8(16-10(5)11)9(15)7(14)4-12-6(2)13/h3,7,9,14-15H,4H2,1-2H3,(H,12,13). The number of hydrogen-bond donors (Lipinski definition) is 3. The van der Waals surface area contributed by atoms with Crippen molar-refractivity contribution in [1.82, 2.24) is 5.32 Å². The summed E-state index contributed by atoms with van der Waals surface area (Å²) in [6.45, 7) is 3.33. The van der Waals surface area contributed by atoms with Gasteiger partial charge in [-0.15, -0.1) is 11.3 Å². The Morgan fingerprint density at radius 3 is 2.69 bits per heavy atom. The van der Waals surface area contributed by atoms with E-state index < -0.39 is 12.2 Å². The minimum atomic E-state index is -0.992. The largest absolute Gasteiger partial charge is 0.388 e. The molecular formula is C10H14BrNO3S. The molecule has 0 saturated carbocycles. The highest BCUT2D eigenvalue weighted by atomic mass is 79.9. The van der Waals surface area contributed by atoms with Crippen LogP contribution < -0.4 is 5.32 Å². The molecule has 2 atom stereocenters. The monoisotopic (exact) mass is 307 g/mol. The smallest absolute Gasteiger partial charge is 0.216 e. The van der Waals surface area contributed by atoms with Crippen molar-refractivity contribution in [2.24, 2.45) is 0 Å². The summed E-state index contributed by atoms with van der Waals surface area (Å²) in [5, 5.41) is 21.9. The first-order valence-electron chi connectivity index (χ1n) is 4.78. The van der Waals surface area contributed by atoms with Crippen molar-refractivity contribution in [2.75, 3.05) is 6.54 Å². The van der Waals surface area contributed by atoms with Gasteiger partial charge in [0, 0.05) is 18.3 Å². The lowest BCUT2D eigenvalue weighted by molar-refractivity contribution is -0.119. The third-order valence-electron chi connectivity index (χ3n) is 2.09. The number of aliphatic hydroxyl groups excluding tert-OH is 2. The third-order valence-corrected chi connectivity index (χ3v) is 4.30. The number of aryl methyl sites for hydroxylation is 1. The lowest BCUT2D eigenvalue weighted by atomic mass is 10.1. The SMILES string of the molecule is CC(=O)NCC(O)C(O)c1cc(C)c(Br)s1. The van der Waals surface area contributed by atoms with Crippen LogP contribution in [0.2, 0.25) is 0 Å². The molecule has 6 heteroatoms. The van der Waals surface area contributed by atoms with Crippen molar-refractivity contribution in [3.63, 3.8) is 0 Å². The Balaban J connectivity index is 2.62. The van der Waals surface area contributed by atoms with Gasteiger partial charge in [-0.3, -0.25) is 4.79 Å². The van der Waals surface area contributed by atoms with Crippen LogP contribution >= 0.6 is 27.3 Å². The highest BCUT2D eigenvalue weighted by molar-refractivity contribution is 9.11. The first kappa shape index (κ1) is 13.6. The second kappa shape index (κ2) is 5.77. The van der Waals surface area contributed by atoms with E-state index in [2.05, 4.69) is 21.2 Å². The molecule has 90 valence electrons. The Labute approximate surface area is 106 Å². The van der Waals surface area contributed by atoms with Gasteiger partial charge >= 0.3 is 0 Å². The molecule has 4 nitrogen and oxygen atoms in total. The Bertz CT molecular complexity index is 361. The van der Waals surface area contributed by atoms with Crippen molar-refractivity contribution < 1.29 is 15.0 Å². The van der Waals surface area contributed by atoms with Crippen molar-refractivity contribution in [3.8, 4) is 0 Å². The zero-order valence-electron chi connectivity index (χ0n) is 9.03. The van der Waals surface area contributed by atoms with Gasteiger partial charge in [0.05, 0.1) is 3.79 Å². The van der Waals surface area contributed by atoms with Crippen LogP contribution in [0.5, 0.6) is 0 Å². The zero-order valence-corrected chi connectivity index (χ0v) is 11.4. The Kier molecular flexibility index (Phi) is 4.91. The molecule has 1 amide bonds. The molecule has 1 aromatic heterocycles. The van der Waals surface area contributed by atoms with E-state index in [9.17, 15) is 15.0 Å². The number of nitrogens with one attached hydrogen (secondary N) is 1. The number of carbonyl (C=O) groups is 1. The number of amides is 1. The summed E-state index contributed by atoms with van der Waals surface area (Å²) >= 11 is 4.73. The fourth-order valence-corrected chi connectivity index (χ4v) is 2.79. The minimum Gasteiger partial charge on any atom is -0.388 e. The second-order valence-corrected chi connectivity index (χ2v) is 5.96. The molecule has 0 aliphatic rings. The molecule has 2 unspecified atom stereocenters. The van der Waals surface area contributed by atoms with E-state index in [0.29, 0.717) is 4.88 Å². The van der Waals surface area contributed by atoms with E-state index in [1.54, 1.807) is 0 Å². The molecule has 0 spiro atoms. The van der Waals surface area contributed by atoms with Crippen LogP contribution in [0.25, 0.3) is 0 Å². The predicted octanol–water partition coefficient (Wildman–Crippen LogP) is 1.35. The van der Waals surface area contributed by atoms with Crippen molar-refractivity contribution in [3.05, 3.63) is 20.3 Å². The second-order valence-electron chi connectivity index (χ2n) is 3.55. The number of thiophene rings is 1. The van der Waals surface area contributed by atoms with E-state index in [4.69, 9.17) is 0 Å². The fourth-order valence-electron chi connectivity index (χ4n) is 1.18. The van der Waals surface area contributed by atoms with Crippen molar-refractivity contribution >= 4 is 33.2 Å². The van der Waals surface area contributed by atoms with E-state index in [1.165, 1.54) is 18.3 Å². The Hall–Kier alpha value is -0.430. The van der Waals surface area contributed by atoms with Gasteiger partial charge in [-0.2, -0.15) is 0 Å². The maximum absolute atomic E-state index is 10.7. The molecule has 0 radical (unpaired) electrons. The van der Waals surface area contributed by atoms with Crippen molar-refractivity contribution in [2.45, 2.75) is 26.1 Å². The number of halogens is 1. The number of carbonyl (C=O) groups excluding carboxylic acids is 1. The average Bonchev–Trinajstić information content (AvgIpc) is 2.54. The molecule has 1 rings (SSSR count). The molecule has 0 aliphatic carbocycles. The third kappa shape index (κ3) is 3.55. The number of hydrogen-bond acceptors (Lipinski definition) is 4. The summed E-state index contributed by atoms with van der Waals surface area (Å²) in [6.07, 6.45) is -1.96. The molecule has 0 aliphatic heterocycles. The van der Waals surface area contributed by atoms with Crippen LogP contribution in [-0.2, 0) is 4.79 Å². The molecule has 1 aromatic rings. The lowest BCUT2D eigenvalue weighted by Gasteiger charge is -2.16.